The van der Waals surface area contributed by atoms with E-state index in [0.29, 0.717) is 0 Å². The van der Waals surface area contributed by atoms with Crippen molar-refractivity contribution in [1.29, 1.82) is 0 Å². The molecule has 2 rings (SSSR count). The first-order chi connectivity index (χ1) is 7.79. The lowest BCUT2D eigenvalue weighted by molar-refractivity contribution is 0.674. The quantitative estimate of drug-likeness (QED) is 0.795. The minimum Gasteiger partial charge on any atom is -0.375 e. The van der Waals surface area contributed by atoms with Crippen LogP contribution in [0.1, 0.15) is 31.9 Å². The summed E-state index contributed by atoms with van der Waals surface area (Å²) >= 11 is 0. The van der Waals surface area contributed by atoms with Gasteiger partial charge in [0.05, 0.1) is 5.69 Å². The van der Waals surface area contributed by atoms with Crippen molar-refractivity contribution >= 4 is 5.69 Å². The molecule has 3 nitrogen and oxygen atoms in total. The molecule has 0 radical (unpaired) electrons. The van der Waals surface area contributed by atoms with Crippen LogP contribution >= 0.6 is 0 Å². The Balaban J connectivity index is 1.94. The average molecular weight is 219 g/mol. The normalized spacial score (nSPS) is 15.1. The number of hydrogen-bond acceptors (Lipinski definition) is 3. The van der Waals surface area contributed by atoms with Gasteiger partial charge in [-0.05, 0) is 31.4 Å². The van der Waals surface area contributed by atoms with Crippen LogP contribution in [0.4, 0.5) is 5.69 Å². The van der Waals surface area contributed by atoms with Gasteiger partial charge in [0, 0.05) is 38.1 Å². The van der Waals surface area contributed by atoms with E-state index in [9.17, 15) is 0 Å². The number of nitrogens with one attached hydrogen (secondary N) is 1. The lowest BCUT2D eigenvalue weighted by Gasteiger charge is -2.18. The van der Waals surface area contributed by atoms with Crippen molar-refractivity contribution < 1.29 is 0 Å². The molecule has 1 N–H and O–H groups in total. The maximum Gasteiger partial charge on any atom is 0.0562 e. The summed E-state index contributed by atoms with van der Waals surface area (Å²) in [6.45, 7) is 4.20. The lowest BCUT2D eigenvalue weighted by Crippen LogP contribution is -2.19. The zero-order valence-electron chi connectivity index (χ0n) is 10.2. The molecular weight excluding hydrogens is 198 g/mol. The minimum absolute atomic E-state index is 0.749. The highest BCUT2D eigenvalue weighted by molar-refractivity contribution is 5.45. The second-order valence-corrected chi connectivity index (χ2v) is 4.58. The summed E-state index contributed by atoms with van der Waals surface area (Å²) in [5.41, 5.74) is 2.41. The Morgan fingerprint density at radius 2 is 2.31 bits per heavy atom. The second kappa shape index (κ2) is 5.30. The molecule has 1 aliphatic rings. The molecule has 0 saturated heterocycles. The van der Waals surface area contributed by atoms with E-state index in [0.717, 1.165) is 24.8 Å². The van der Waals surface area contributed by atoms with Gasteiger partial charge in [-0.1, -0.05) is 6.92 Å². The summed E-state index contributed by atoms with van der Waals surface area (Å²) in [5.74, 6) is 0. The highest BCUT2D eigenvalue weighted by atomic mass is 15.1. The Morgan fingerprint density at radius 3 is 3.00 bits per heavy atom. The fourth-order valence-electron chi connectivity index (χ4n) is 1.80. The molecule has 0 aromatic carbocycles. The minimum atomic E-state index is 0.749. The number of pyridine rings is 1. The van der Waals surface area contributed by atoms with Crippen LogP contribution in [0.25, 0.3) is 0 Å². The van der Waals surface area contributed by atoms with Crippen molar-refractivity contribution in [1.82, 2.24) is 10.3 Å². The van der Waals surface area contributed by atoms with Gasteiger partial charge in [-0.2, -0.15) is 0 Å². The molecule has 0 aliphatic heterocycles. The zero-order valence-corrected chi connectivity index (χ0v) is 10.2. The van der Waals surface area contributed by atoms with E-state index in [4.69, 9.17) is 0 Å². The molecule has 1 aliphatic carbocycles. The maximum absolute atomic E-state index is 4.39. The number of rotatable bonds is 6. The van der Waals surface area contributed by atoms with Crippen molar-refractivity contribution in [3.05, 3.63) is 24.0 Å². The Morgan fingerprint density at radius 1 is 1.50 bits per heavy atom. The van der Waals surface area contributed by atoms with Gasteiger partial charge in [-0.3, -0.25) is 4.98 Å². The molecule has 1 aromatic rings. The molecule has 1 fully saturated rings. The van der Waals surface area contributed by atoms with E-state index in [1.54, 1.807) is 0 Å². The highest BCUT2D eigenvalue weighted by Gasteiger charge is 2.20. The highest BCUT2D eigenvalue weighted by Crippen LogP contribution is 2.19. The van der Waals surface area contributed by atoms with Crippen molar-refractivity contribution in [3.63, 3.8) is 0 Å². The summed E-state index contributed by atoms with van der Waals surface area (Å²) in [7, 11) is 2.14. The van der Waals surface area contributed by atoms with Crippen molar-refractivity contribution in [2.45, 2.75) is 38.8 Å². The molecule has 0 unspecified atom stereocenters. The van der Waals surface area contributed by atoms with E-state index in [-0.39, 0.29) is 0 Å². The van der Waals surface area contributed by atoms with Crippen LogP contribution in [-0.4, -0.2) is 24.6 Å². The average Bonchev–Trinajstić information content (AvgIpc) is 3.11. The maximum atomic E-state index is 4.39. The van der Waals surface area contributed by atoms with Crippen molar-refractivity contribution in [2.75, 3.05) is 18.5 Å². The van der Waals surface area contributed by atoms with E-state index >= 15 is 0 Å². The molecule has 1 saturated carbocycles. The Kier molecular flexibility index (Phi) is 3.78. The monoisotopic (exact) mass is 219 g/mol. The fraction of sp³-hybridized carbons (Fsp3) is 0.615. The first-order valence-electron chi connectivity index (χ1n) is 6.19. The van der Waals surface area contributed by atoms with Gasteiger partial charge < -0.3 is 10.2 Å². The molecule has 0 bridgehead atoms. The van der Waals surface area contributed by atoms with Crippen LogP contribution in [0.15, 0.2) is 18.3 Å². The standard InChI is InChI=1S/C13H21N3/c1-3-8-16(2)13-6-7-14-12(9-13)10-15-11-4-5-11/h6-7,9,11,15H,3-5,8,10H2,1-2H3. The third kappa shape index (κ3) is 3.20. The number of anilines is 1. The van der Waals surface area contributed by atoms with Gasteiger partial charge in [0.25, 0.3) is 0 Å². The summed E-state index contributed by atoms with van der Waals surface area (Å²) in [6, 6.07) is 5.01. The molecular formula is C13H21N3. The van der Waals surface area contributed by atoms with Crippen LogP contribution in [-0.2, 0) is 6.54 Å². The molecule has 3 heteroatoms. The second-order valence-electron chi connectivity index (χ2n) is 4.58. The zero-order chi connectivity index (χ0) is 11.4. The van der Waals surface area contributed by atoms with Gasteiger partial charge in [-0.25, -0.2) is 0 Å². The largest absolute Gasteiger partial charge is 0.375 e. The van der Waals surface area contributed by atoms with Crippen LogP contribution < -0.4 is 10.2 Å². The van der Waals surface area contributed by atoms with Gasteiger partial charge in [0.2, 0.25) is 0 Å². The molecule has 0 atom stereocenters. The summed E-state index contributed by atoms with van der Waals surface area (Å²) in [5, 5.41) is 3.49. The van der Waals surface area contributed by atoms with E-state index in [2.05, 4.69) is 41.3 Å². The third-order valence-corrected chi connectivity index (χ3v) is 2.95. The Bertz CT molecular complexity index is 334. The topological polar surface area (TPSA) is 28.2 Å². The van der Waals surface area contributed by atoms with Crippen LogP contribution in [0, 0.1) is 0 Å². The van der Waals surface area contributed by atoms with Gasteiger partial charge in [0.1, 0.15) is 0 Å². The molecule has 1 aromatic heterocycles. The summed E-state index contributed by atoms with van der Waals surface area (Å²) < 4.78 is 0. The van der Waals surface area contributed by atoms with Crippen LogP contribution in [0.2, 0.25) is 0 Å². The molecule has 16 heavy (non-hydrogen) atoms. The predicted molar refractivity (Wildman–Crippen MR) is 67.7 cm³/mol. The molecule has 88 valence electrons. The molecule has 0 amide bonds. The van der Waals surface area contributed by atoms with Crippen LogP contribution in [0.3, 0.4) is 0 Å². The van der Waals surface area contributed by atoms with Gasteiger partial charge in [-0.15, -0.1) is 0 Å². The Labute approximate surface area is 97.9 Å². The molecule has 1 heterocycles. The van der Waals surface area contributed by atoms with Gasteiger partial charge in [0.15, 0.2) is 0 Å². The van der Waals surface area contributed by atoms with Gasteiger partial charge >= 0.3 is 0 Å². The smallest absolute Gasteiger partial charge is 0.0562 e. The lowest BCUT2D eigenvalue weighted by atomic mass is 10.3. The summed E-state index contributed by atoms with van der Waals surface area (Å²) in [4.78, 5) is 6.67. The third-order valence-electron chi connectivity index (χ3n) is 2.95. The fourth-order valence-corrected chi connectivity index (χ4v) is 1.80. The number of aromatic nitrogens is 1. The van der Waals surface area contributed by atoms with E-state index in [1.807, 2.05) is 6.20 Å². The molecule has 0 spiro atoms. The van der Waals surface area contributed by atoms with Crippen molar-refractivity contribution in [2.24, 2.45) is 0 Å². The Hall–Kier alpha value is -1.09. The first-order valence-corrected chi connectivity index (χ1v) is 6.19. The van der Waals surface area contributed by atoms with Crippen LogP contribution in [0.5, 0.6) is 0 Å². The van der Waals surface area contributed by atoms with E-state index in [1.165, 1.54) is 24.9 Å². The SMILES string of the molecule is CCCN(C)c1ccnc(CNC2CC2)c1. The van der Waals surface area contributed by atoms with E-state index < -0.39 is 0 Å². The van der Waals surface area contributed by atoms with Crippen molar-refractivity contribution in [3.8, 4) is 0 Å². The first kappa shape index (κ1) is 11.4. The summed E-state index contributed by atoms with van der Waals surface area (Å²) in [6.07, 6.45) is 5.74. The predicted octanol–water partition coefficient (Wildman–Crippen LogP) is 2.18. The number of nitrogens with zero attached hydrogens (tertiary/aromatic N) is 2. The number of hydrogen-bond donors (Lipinski definition) is 1.